The zero-order chi connectivity index (χ0) is 21.0. The van der Waals surface area contributed by atoms with E-state index in [9.17, 15) is 20.2 Å². The van der Waals surface area contributed by atoms with E-state index in [4.69, 9.17) is 4.74 Å². The van der Waals surface area contributed by atoms with E-state index in [0.29, 0.717) is 10.0 Å². The summed E-state index contributed by atoms with van der Waals surface area (Å²) in [6.45, 7) is 0. The summed E-state index contributed by atoms with van der Waals surface area (Å²) in [4.78, 5) is 25.3. The van der Waals surface area contributed by atoms with Gasteiger partial charge in [-0.25, -0.2) is 0 Å². The molecule has 0 aromatic heterocycles. The molecular formula is C19H11Br2N3O5. The summed E-state index contributed by atoms with van der Waals surface area (Å²) in [7, 11) is 0. The number of hydrogen-bond acceptors (Lipinski definition) is 6. The highest BCUT2D eigenvalue weighted by molar-refractivity contribution is 9.11. The Morgan fingerprint density at radius 1 is 0.931 bits per heavy atom. The number of ether oxygens (including phenoxy) is 1. The highest BCUT2D eigenvalue weighted by Crippen LogP contribution is 2.40. The van der Waals surface area contributed by atoms with Crippen molar-refractivity contribution in [2.24, 2.45) is 4.99 Å². The van der Waals surface area contributed by atoms with Gasteiger partial charge in [-0.2, -0.15) is 0 Å². The van der Waals surface area contributed by atoms with Crippen molar-refractivity contribution in [3.8, 4) is 11.5 Å². The van der Waals surface area contributed by atoms with Crippen LogP contribution in [0.3, 0.4) is 0 Å². The first-order valence-electron chi connectivity index (χ1n) is 8.04. The van der Waals surface area contributed by atoms with Gasteiger partial charge in [0.25, 0.3) is 5.69 Å². The third-order valence-electron chi connectivity index (χ3n) is 3.71. The molecule has 10 heteroatoms. The summed E-state index contributed by atoms with van der Waals surface area (Å²) in [5.41, 5.74) is 0.350. The van der Waals surface area contributed by atoms with E-state index in [1.165, 1.54) is 6.07 Å². The summed E-state index contributed by atoms with van der Waals surface area (Å²) in [5.74, 6) is 0.155. The summed E-state index contributed by atoms with van der Waals surface area (Å²) in [6, 6.07) is 15.9. The number of non-ortho nitro benzene ring substituents is 1. The van der Waals surface area contributed by atoms with Crippen molar-refractivity contribution >= 4 is 55.1 Å². The molecule has 29 heavy (non-hydrogen) atoms. The maximum absolute atomic E-state index is 11.4. The lowest BCUT2D eigenvalue weighted by Crippen LogP contribution is -1.98. The Labute approximate surface area is 181 Å². The molecule has 0 saturated carbocycles. The van der Waals surface area contributed by atoms with Crippen molar-refractivity contribution in [2.75, 3.05) is 0 Å². The summed E-state index contributed by atoms with van der Waals surface area (Å²) < 4.78 is 7.05. The summed E-state index contributed by atoms with van der Waals surface area (Å²) >= 11 is 6.78. The fraction of sp³-hybridized carbons (Fsp3) is 0. The van der Waals surface area contributed by atoms with Crippen molar-refractivity contribution in [1.29, 1.82) is 0 Å². The molecule has 0 aliphatic carbocycles. The third-order valence-corrected chi connectivity index (χ3v) is 4.75. The average molecular weight is 521 g/mol. The zero-order valence-electron chi connectivity index (χ0n) is 14.5. The highest BCUT2D eigenvalue weighted by atomic mass is 79.9. The van der Waals surface area contributed by atoms with Gasteiger partial charge < -0.3 is 4.74 Å². The smallest absolute Gasteiger partial charge is 0.318 e. The predicted octanol–water partition coefficient (Wildman–Crippen LogP) is 6.57. The molecule has 0 aliphatic heterocycles. The molecule has 3 aromatic rings. The second-order valence-electron chi connectivity index (χ2n) is 5.67. The van der Waals surface area contributed by atoms with Gasteiger partial charge in [0.1, 0.15) is 0 Å². The zero-order valence-corrected chi connectivity index (χ0v) is 17.7. The molecule has 0 fully saturated rings. The maximum Gasteiger partial charge on any atom is 0.318 e. The first-order valence-corrected chi connectivity index (χ1v) is 9.62. The predicted molar refractivity (Wildman–Crippen MR) is 115 cm³/mol. The van der Waals surface area contributed by atoms with Gasteiger partial charge in [0.05, 0.1) is 26.1 Å². The van der Waals surface area contributed by atoms with Crippen molar-refractivity contribution < 1.29 is 14.6 Å². The largest absolute Gasteiger partial charge is 0.448 e. The molecular weight excluding hydrogens is 510 g/mol. The van der Waals surface area contributed by atoms with Gasteiger partial charge in [-0.3, -0.25) is 25.2 Å². The number of nitrogens with zero attached hydrogens (tertiary/aromatic N) is 3. The van der Waals surface area contributed by atoms with Crippen molar-refractivity contribution in [1.82, 2.24) is 0 Å². The second-order valence-corrected chi connectivity index (χ2v) is 7.44. The molecule has 0 spiro atoms. The number of para-hydroxylation sites is 1. The monoisotopic (exact) mass is 519 g/mol. The van der Waals surface area contributed by atoms with Crippen LogP contribution in [0.4, 0.5) is 17.1 Å². The molecule has 3 aromatic carbocycles. The topological polar surface area (TPSA) is 108 Å². The standard InChI is InChI=1S/C19H11Br2N3O5/c20-13-8-12(11-22-14-4-2-1-3-5-14)19(16(21)9-13)29-18-7-6-15(23(25)26)10-17(18)24(27)28/h1-11H. The first-order chi connectivity index (χ1) is 13.8. The fourth-order valence-corrected chi connectivity index (χ4v) is 3.74. The van der Waals surface area contributed by atoms with Crippen LogP contribution in [0.1, 0.15) is 5.56 Å². The van der Waals surface area contributed by atoms with Crippen LogP contribution in [0.5, 0.6) is 11.5 Å². The molecule has 0 aliphatic rings. The van der Waals surface area contributed by atoms with Gasteiger partial charge in [-0.05, 0) is 46.3 Å². The normalized spacial score (nSPS) is 10.8. The third kappa shape index (κ3) is 5.04. The van der Waals surface area contributed by atoms with E-state index in [1.54, 1.807) is 18.3 Å². The van der Waals surface area contributed by atoms with Gasteiger partial charge in [0, 0.05) is 22.3 Å². The quantitative estimate of drug-likeness (QED) is 0.207. The number of benzene rings is 3. The molecule has 0 heterocycles. The molecule has 3 rings (SSSR count). The molecule has 0 amide bonds. The van der Waals surface area contributed by atoms with Crippen molar-refractivity contribution in [3.63, 3.8) is 0 Å². The van der Waals surface area contributed by atoms with Crippen LogP contribution in [-0.4, -0.2) is 16.1 Å². The van der Waals surface area contributed by atoms with Gasteiger partial charge in [0.15, 0.2) is 5.75 Å². The van der Waals surface area contributed by atoms with E-state index < -0.39 is 21.2 Å². The Morgan fingerprint density at radius 3 is 2.31 bits per heavy atom. The van der Waals surface area contributed by atoms with E-state index in [0.717, 1.165) is 22.3 Å². The van der Waals surface area contributed by atoms with Crippen LogP contribution in [0.2, 0.25) is 0 Å². The molecule has 0 N–H and O–H groups in total. The number of nitro benzene ring substituents is 2. The van der Waals surface area contributed by atoms with Gasteiger partial charge in [-0.1, -0.05) is 34.1 Å². The molecule has 0 bridgehead atoms. The lowest BCUT2D eigenvalue weighted by Gasteiger charge is -2.12. The van der Waals surface area contributed by atoms with Crippen LogP contribution < -0.4 is 4.74 Å². The molecule has 0 unspecified atom stereocenters. The average Bonchev–Trinajstić information content (AvgIpc) is 2.69. The Kier molecular flexibility index (Phi) is 6.35. The highest BCUT2D eigenvalue weighted by Gasteiger charge is 2.22. The Bertz CT molecular complexity index is 1120. The number of hydrogen-bond donors (Lipinski definition) is 0. The lowest BCUT2D eigenvalue weighted by molar-refractivity contribution is -0.394. The van der Waals surface area contributed by atoms with Crippen molar-refractivity contribution in [2.45, 2.75) is 0 Å². The molecule has 146 valence electrons. The van der Waals surface area contributed by atoms with Gasteiger partial charge >= 0.3 is 5.69 Å². The molecule has 8 nitrogen and oxygen atoms in total. The number of rotatable bonds is 6. The Morgan fingerprint density at radius 2 is 1.66 bits per heavy atom. The maximum atomic E-state index is 11.4. The molecule has 0 atom stereocenters. The van der Waals surface area contributed by atoms with E-state index in [-0.39, 0.29) is 11.5 Å². The fourth-order valence-electron chi connectivity index (χ4n) is 2.40. The lowest BCUT2D eigenvalue weighted by atomic mass is 10.2. The minimum Gasteiger partial charge on any atom is -0.448 e. The van der Waals surface area contributed by atoms with Crippen LogP contribution in [-0.2, 0) is 0 Å². The van der Waals surface area contributed by atoms with Crippen LogP contribution in [0.25, 0.3) is 0 Å². The van der Waals surface area contributed by atoms with Crippen LogP contribution in [0.15, 0.2) is 74.6 Å². The first kappa shape index (κ1) is 20.6. The van der Waals surface area contributed by atoms with Gasteiger partial charge in [-0.15, -0.1) is 0 Å². The number of nitro groups is 2. The van der Waals surface area contributed by atoms with E-state index >= 15 is 0 Å². The Balaban J connectivity index is 2.04. The summed E-state index contributed by atoms with van der Waals surface area (Å²) in [6.07, 6.45) is 1.57. The summed E-state index contributed by atoms with van der Waals surface area (Å²) in [5, 5.41) is 22.3. The van der Waals surface area contributed by atoms with E-state index in [2.05, 4.69) is 36.9 Å². The number of aliphatic imine (C=N–C) groups is 1. The second kappa shape index (κ2) is 8.93. The SMILES string of the molecule is O=[N+]([O-])c1ccc(Oc2c(Br)cc(Br)cc2C=Nc2ccccc2)c([N+](=O)[O-])c1. The van der Waals surface area contributed by atoms with Crippen molar-refractivity contribution in [3.05, 3.63) is 95.4 Å². The van der Waals surface area contributed by atoms with Crippen LogP contribution in [0, 0.1) is 20.2 Å². The Hall–Kier alpha value is -3.11. The minimum atomic E-state index is -0.729. The molecule has 0 saturated heterocycles. The van der Waals surface area contributed by atoms with Crippen LogP contribution >= 0.6 is 31.9 Å². The minimum absolute atomic E-state index is 0.127. The number of halogens is 2. The van der Waals surface area contributed by atoms with E-state index in [1.807, 2.05) is 30.3 Å². The van der Waals surface area contributed by atoms with Gasteiger partial charge in [0.2, 0.25) is 5.75 Å². The molecule has 0 radical (unpaired) electrons.